The van der Waals surface area contributed by atoms with E-state index in [1.807, 2.05) is 13.0 Å². The first-order chi connectivity index (χ1) is 27.8. The van der Waals surface area contributed by atoms with Gasteiger partial charge in [0.25, 0.3) is 5.24 Å². The van der Waals surface area contributed by atoms with Crippen molar-refractivity contribution in [3.63, 3.8) is 0 Å². The Hall–Kier alpha value is -5.28. The number of ether oxygens (including phenoxy) is 3. The SMILES string of the molecule is COC(=O)c1ccc(C(=O)Cl)cc1OC(C)=O.COC(=O)c1ccc(C(=O)c2cc3c(cc2C)C(C)(C)CCC3(C)C)cc1O.Cc1ccc2c(c1)C(C)(C)CCC2(C)C. The number of hydrogen-bond acceptors (Lipinski definition) is 9. The van der Waals surface area contributed by atoms with E-state index in [1.165, 1.54) is 81.0 Å². The number of carbonyl (C=O) groups is 5. The van der Waals surface area contributed by atoms with Gasteiger partial charge in [-0.15, -0.1) is 0 Å². The van der Waals surface area contributed by atoms with Crippen LogP contribution < -0.4 is 4.74 Å². The minimum Gasteiger partial charge on any atom is -0.507 e. The molecule has 0 saturated carbocycles. The van der Waals surface area contributed by atoms with Gasteiger partial charge in [0.1, 0.15) is 22.6 Å². The van der Waals surface area contributed by atoms with E-state index in [0.717, 1.165) is 18.4 Å². The Bertz CT molecular complexity index is 2330. The van der Waals surface area contributed by atoms with Crippen molar-refractivity contribution >= 4 is 40.5 Å². The minimum atomic E-state index is -0.713. The molecule has 0 saturated heterocycles. The molecule has 0 amide bonds. The van der Waals surface area contributed by atoms with Gasteiger partial charge in [-0.1, -0.05) is 85.2 Å². The second kappa shape index (κ2) is 18.1. The van der Waals surface area contributed by atoms with E-state index in [9.17, 15) is 29.1 Å². The maximum absolute atomic E-state index is 13.2. The van der Waals surface area contributed by atoms with Crippen molar-refractivity contribution in [1.29, 1.82) is 0 Å². The average molecular weight is 839 g/mol. The Balaban J connectivity index is 0.000000213. The Morgan fingerprint density at radius 2 is 1.03 bits per heavy atom. The lowest BCUT2D eigenvalue weighted by molar-refractivity contribution is -0.131. The van der Waals surface area contributed by atoms with Crippen LogP contribution in [0.3, 0.4) is 0 Å². The van der Waals surface area contributed by atoms with Gasteiger partial charge in [-0.3, -0.25) is 14.4 Å². The molecule has 0 aromatic heterocycles. The monoisotopic (exact) mass is 838 g/mol. The van der Waals surface area contributed by atoms with Crippen LogP contribution in [0.2, 0.25) is 0 Å². The summed E-state index contributed by atoms with van der Waals surface area (Å²) in [6.07, 6.45) is 4.79. The molecule has 60 heavy (non-hydrogen) atoms. The van der Waals surface area contributed by atoms with Crippen LogP contribution in [0.15, 0.2) is 66.7 Å². The van der Waals surface area contributed by atoms with Crippen LogP contribution in [-0.4, -0.2) is 48.3 Å². The maximum atomic E-state index is 13.2. The Kier molecular flexibility index (Phi) is 14.3. The molecule has 320 valence electrons. The number of phenols is 1. The molecule has 2 aliphatic rings. The van der Waals surface area contributed by atoms with Gasteiger partial charge in [-0.2, -0.15) is 0 Å². The Morgan fingerprint density at radius 3 is 1.53 bits per heavy atom. The number of esters is 3. The summed E-state index contributed by atoms with van der Waals surface area (Å²) in [6, 6.07) is 19.3. The molecule has 0 unspecified atom stereocenters. The van der Waals surface area contributed by atoms with Gasteiger partial charge in [-0.25, -0.2) is 9.59 Å². The van der Waals surface area contributed by atoms with E-state index in [-0.39, 0.29) is 44.8 Å². The number of aromatic hydroxyl groups is 1. The average Bonchev–Trinajstić information content (AvgIpc) is 3.17. The lowest BCUT2D eigenvalue weighted by Crippen LogP contribution is -2.34. The quantitative estimate of drug-likeness (QED) is 0.0871. The molecule has 0 fully saturated rings. The predicted molar refractivity (Wildman–Crippen MR) is 235 cm³/mol. The minimum absolute atomic E-state index is 0.00443. The van der Waals surface area contributed by atoms with Crippen molar-refractivity contribution in [2.24, 2.45) is 0 Å². The highest BCUT2D eigenvalue weighted by Crippen LogP contribution is 2.47. The number of hydrogen-bond donors (Lipinski definition) is 1. The fraction of sp³-hybridized carbons (Fsp3) is 0.420. The number of phenolic OH excluding ortho intramolecular Hbond substituents is 1. The molecular weight excluding hydrogens is 780 g/mol. The van der Waals surface area contributed by atoms with Crippen LogP contribution in [0.4, 0.5) is 0 Å². The highest BCUT2D eigenvalue weighted by Gasteiger charge is 2.38. The molecule has 9 nitrogen and oxygen atoms in total. The summed E-state index contributed by atoms with van der Waals surface area (Å²) in [4.78, 5) is 58.0. The number of halogens is 1. The van der Waals surface area contributed by atoms with E-state index in [0.29, 0.717) is 22.0 Å². The Morgan fingerprint density at radius 1 is 0.567 bits per heavy atom. The molecule has 0 atom stereocenters. The van der Waals surface area contributed by atoms with Crippen molar-refractivity contribution in [3.8, 4) is 11.5 Å². The third-order valence-corrected chi connectivity index (χ3v) is 12.2. The van der Waals surface area contributed by atoms with E-state index in [1.54, 1.807) is 17.2 Å². The summed E-state index contributed by atoms with van der Waals surface area (Å²) in [7, 11) is 2.45. The molecule has 6 rings (SSSR count). The number of carbonyl (C=O) groups excluding carboxylic acids is 5. The molecular formula is C50H59ClO9. The van der Waals surface area contributed by atoms with Gasteiger partial charge in [0, 0.05) is 23.6 Å². The first-order valence-electron chi connectivity index (χ1n) is 20.1. The number of ketones is 1. The lowest BCUT2D eigenvalue weighted by atomic mass is 9.62. The van der Waals surface area contributed by atoms with Crippen molar-refractivity contribution in [3.05, 3.63) is 128 Å². The fourth-order valence-electron chi connectivity index (χ4n) is 7.94. The van der Waals surface area contributed by atoms with Crippen LogP contribution in [0.1, 0.15) is 168 Å². The van der Waals surface area contributed by atoms with Crippen molar-refractivity contribution in [2.45, 2.75) is 124 Å². The topological polar surface area (TPSA) is 133 Å². The van der Waals surface area contributed by atoms with E-state index in [4.69, 9.17) is 16.3 Å². The van der Waals surface area contributed by atoms with Gasteiger partial charge in [0.2, 0.25) is 0 Å². The normalized spacial score (nSPS) is 16.2. The van der Waals surface area contributed by atoms with E-state index in [2.05, 4.69) is 96.1 Å². The molecule has 4 aromatic carbocycles. The summed E-state index contributed by atoms with van der Waals surface area (Å²) in [6.45, 7) is 23.8. The van der Waals surface area contributed by atoms with Crippen molar-refractivity contribution < 1.29 is 43.3 Å². The van der Waals surface area contributed by atoms with Gasteiger partial charge >= 0.3 is 17.9 Å². The van der Waals surface area contributed by atoms with Gasteiger partial charge < -0.3 is 19.3 Å². The molecule has 2 aliphatic carbocycles. The number of aryl methyl sites for hydroxylation is 2. The standard InChI is InChI=1S/C24H28O4.C15H22.C11H9ClO5/c1-14-11-18-19(24(4,5)10-9-23(18,2)3)13-17(14)21(26)15-7-8-16(20(25)12-15)22(27)28-6;1-11-6-7-12-13(10-11)15(4,5)9-8-14(12,2)3;1-6(13)17-9-5-7(10(12)14)3-4-8(9)11(15)16-2/h7-8,11-13,25H,9-10H2,1-6H3;6-7,10H,8-9H2,1-5H3;3-5H,1-2H3. The fourth-order valence-corrected chi connectivity index (χ4v) is 8.06. The van der Waals surface area contributed by atoms with E-state index >= 15 is 0 Å². The van der Waals surface area contributed by atoms with Crippen molar-refractivity contribution in [1.82, 2.24) is 0 Å². The summed E-state index contributed by atoms with van der Waals surface area (Å²) in [5, 5.41) is 9.44. The molecule has 0 heterocycles. The van der Waals surface area contributed by atoms with E-state index < -0.39 is 23.2 Å². The molecule has 1 N–H and O–H groups in total. The zero-order chi connectivity index (χ0) is 45.1. The lowest BCUT2D eigenvalue weighted by Gasteiger charge is -2.42. The van der Waals surface area contributed by atoms with Gasteiger partial charge in [0.15, 0.2) is 5.78 Å². The predicted octanol–water partition coefficient (Wildman–Crippen LogP) is 11.2. The Labute approximate surface area is 359 Å². The van der Waals surface area contributed by atoms with Crippen LogP contribution in [0, 0.1) is 13.8 Å². The highest BCUT2D eigenvalue weighted by molar-refractivity contribution is 6.67. The van der Waals surface area contributed by atoms with Crippen LogP contribution in [0.25, 0.3) is 0 Å². The van der Waals surface area contributed by atoms with Gasteiger partial charge in [-0.05, 0) is 143 Å². The second-order valence-electron chi connectivity index (χ2n) is 18.4. The summed E-state index contributed by atoms with van der Waals surface area (Å²) in [5.74, 6) is -2.40. The summed E-state index contributed by atoms with van der Waals surface area (Å²) in [5.41, 5.74) is 9.96. The van der Waals surface area contributed by atoms with Crippen molar-refractivity contribution in [2.75, 3.05) is 14.2 Å². The smallest absolute Gasteiger partial charge is 0.341 e. The molecule has 0 spiro atoms. The van der Waals surface area contributed by atoms with Crippen LogP contribution in [0.5, 0.6) is 11.5 Å². The molecule has 10 heteroatoms. The first-order valence-corrected chi connectivity index (χ1v) is 20.5. The molecule has 0 bridgehead atoms. The third-order valence-electron chi connectivity index (χ3n) is 12.0. The third kappa shape index (κ3) is 10.5. The highest BCUT2D eigenvalue weighted by atomic mass is 35.5. The zero-order valence-corrected chi connectivity index (χ0v) is 38.0. The molecule has 0 aliphatic heterocycles. The van der Waals surface area contributed by atoms with Crippen LogP contribution >= 0.6 is 11.6 Å². The number of fused-ring (bicyclic) bond motifs is 2. The first kappa shape index (κ1) is 47.4. The number of benzene rings is 4. The summed E-state index contributed by atoms with van der Waals surface area (Å²) >= 11 is 5.28. The van der Waals surface area contributed by atoms with Crippen LogP contribution in [-0.2, 0) is 35.9 Å². The number of methoxy groups -OCH3 is 2. The molecule has 4 aromatic rings. The molecule has 0 radical (unpaired) electrons. The number of rotatable bonds is 6. The summed E-state index contributed by atoms with van der Waals surface area (Å²) < 4.78 is 14.0. The largest absolute Gasteiger partial charge is 0.507 e. The second-order valence-corrected chi connectivity index (χ2v) is 18.8. The maximum Gasteiger partial charge on any atom is 0.341 e. The van der Waals surface area contributed by atoms with Gasteiger partial charge in [0.05, 0.1) is 14.2 Å². The zero-order valence-electron chi connectivity index (χ0n) is 37.3.